The number of amides is 2. The first-order valence-corrected chi connectivity index (χ1v) is 13.2. The average molecular weight is 464 g/mol. The molecule has 3 aliphatic rings. The fourth-order valence-corrected chi connectivity index (χ4v) is 6.59. The molecule has 2 heterocycles. The van der Waals surface area contributed by atoms with Crippen molar-refractivity contribution >= 4 is 27.5 Å². The molecule has 1 saturated carbocycles. The minimum absolute atomic E-state index is 0.0636. The number of ether oxygens (including phenoxy) is 1. The third-order valence-corrected chi connectivity index (χ3v) is 8.90. The fourth-order valence-electron chi connectivity index (χ4n) is 4.89. The molecule has 32 heavy (non-hydrogen) atoms. The number of aryl methyl sites for hydroxylation is 1. The van der Waals surface area contributed by atoms with Gasteiger partial charge in [0.2, 0.25) is 15.9 Å². The lowest BCUT2D eigenvalue weighted by molar-refractivity contribution is -0.127. The van der Waals surface area contributed by atoms with Gasteiger partial charge in [-0.15, -0.1) is 0 Å². The highest BCUT2D eigenvalue weighted by Crippen LogP contribution is 2.36. The molecular weight excluding hydrogens is 430 g/mol. The van der Waals surface area contributed by atoms with Gasteiger partial charge < -0.3 is 15.4 Å². The highest BCUT2D eigenvalue weighted by molar-refractivity contribution is 7.89. The van der Waals surface area contributed by atoms with E-state index in [0.29, 0.717) is 49.4 Å². The summed E-state index contributed by atoms with van der Waals surface area (Å²) in [5.74, 6) is 0.0801. The topological polar surface area (TPSA) is 105 Å². The van der Waals surface area contributed by atoms with Gasteiger partial charge >= 0.3 is 0 Å². The minimum atomic E-state index is -3.73. The van der Waals surface area contributed by atoms with Gasteiger partial charge in [-0.1, -0.05) is 26.2 Å². The number of piperidine rings is 1. The van der Waals surface area contributed by atoms with Crippen LogP contribution < -0.4 is 15.4 Å². The molecule has 1 aromatic rings. The van der Waals surface area contributed by atoms with Crippen molar-refractivity contribution in [1.82, 2.24) is 9.62 Å². The molecule has 176 valence electrons. The summed E-state index contributed by atoms with van der Waals surface area (Å²) in [6.07, 6.45) is 6.55. The van der Waals surface area contributed by atoms with E-state index < -0.39 is 16.1 Å². The van der Waals surface area contributed by atoms with E-state index in [1.807, 2.05) is 6.92 Å². The zero-order valence-electron chi connectivity index (χ0n) is 18.9. The quantitative estimate of drug-likeness (QED) is 0.699. The number of carbonyl (C=O) groups excluding carboxylic acids is 2. The molecule has 4 rings (SSSR count). The summed E-state index contributed by atoms with van der Waals surface area (Å²) in [7, 11) is -3.73. The molecule has 2 fully saturated rings. The van der Waals surface area contributed by atoms with E-state index in [0.717, 1.165) is 25.7 Å². The van der Waals surface area contributed by atoms with Crippen LogP contribution >= 0.6 is 0 Å². The molecule has 1 aliphatic carbocycles. The number of fused-ring (bicyclic) bond motifs is 1. The highest BCUT2D eigenvalue weighted by atomic mass is 32.2. The van der Waals surface area contributed by atoms with Crippen LogP contribution in [0.2, 0.25) is 0 Å². The SMILES string of the molecule is CC[C@H]1Oc2cc(S(=O)(=O)N3CCC(C(=O)NC4CCCCC4)CC3)c(C)cc2NC1=O. The summed E-state index contributed by atoms with van der Waals surface area (Å²) in [5.41, 5.74) is 1.05. The maximum Gasteiger partial charge on any atom is 0.265 e. The average Bonchev–Trinajstić information content (AvgIpc) is 2.79. The van der Waals surface area contributed by atoms with E-state index in [-0.39, 0.29) is 28.7 Å². The Kier molecular flexibility index (Phi) is 6.76. The molecule has 2 amide bonds. The molecule has 0 bridgehead atoms. The van der Waals surface area contributed by atoms with Crippen molar-refractivity contribution < 1.29 is 22.7 Å². The molecule has 9 heteroatoms. The first-order chi connectivity index (χ1) is 15.3. The van der Waals surface area contributed by atoms with Crippen molar-refractivity contribution in [1.29, 1.82) is 0 Å². The highest BCUT2D eigenvalue weighted by Gasteiger charge is 2.35. The third kappa shape index (κ3) is 4.64. The molecular formula is C23H33N3O5S. The first kappa shape index (κ1) is 23.0. The lowest BCUT2D eigenvalue weighted by Gasteiger charge is -2.33. The van der Waals surface area contributed by atoms with Crippen molar-refractivity contribution in [3.05, 3.63) is 17.7 Å². The Morgan fingerprint density at radius 3 is 2.50 bits per heavy atom. The van der Waals surface area contributed by atoms with E-state index in [9.17, 15) is 18.0 Å². The van der Waals surface area contributed by atoms with Crippen LogP contribution in [0.5, 0.6) is 5.75 Å². The maximum absolute atomic E-state index is 13.4. The molecule has 1 aromatic carbocycles. The summed E-state index contributed by atoms with van der Waals surface area (Å²) >= 11 is 0. The van der Waals surface area contributed by atoms with Crippen molar-refractivity contribution in [3.63, 3.8) is 0 Å². The number of carbonyl (C=O) groups is 2. The molecule has 8 nitrogen and oxygen atoms in total. The van der Waals surface area contributed by atoms with Gasteiger partial charge in [-0.05, 0) is 50.7 Å². The number of benzene rings is 1. The summed E-state index contributed by atoms with van der Waals surface area (Å²) in [6.45, 7) is 4.19. The van der Waals surface area contributed by atoms with E-state index in [2.05, 4.69) is 10.6 Å². The van der Waals surface area contributed by atoms with Gasteiger partial charge in [0.15, 0.2) is 6.10 Å². The second-order valence-corrected chi connectivity index (χ2v) is 11.0. The molecule has 0 radical (unpaired) electrons. The van der Waals surface area contributed by atoms with E-state index in [1.165, 1.54) is 16.8 Å². The van der Waals surface area contributed by atoms with Gasteiger partial charge in [0.1, 0.15) is 5.75 Å². The van der Waals surface area contributed by atoms with Crippen LogP contribution in [-0.4, -0.2) is 49.8 Å². The van der Waals surface area contributed by atoms with Gasteiger partial charge in [-0.2, -0.15) is 4.31 Å². The van der Waals surface area contributed by atoms with Crippen molar-refractivity contribution in [2.75, 3.05) is 18.4 Å². The monoisotopic (exact) mass is 463 g/mol. The van der Waals surface area contributed by atoms with Crippen LogP contribution in [0.1, 0.15) is 63.9 Å². The second-order valence-electron chi connectivity index (χ2n) is 9.14. The number of hydrogen-bond donors (Lipinski definition) is 2. The lowest BCUT2D eigenvalue weighted by Crippen LogP contribution is -2.45. The summed E-state index contributed by atoms with van der Waals surface area (Å²) in [5, 5.41) is 5.97. The minimum Gasteiger partial charge on any atom is -0.478 e. The molecule has 1 saturated heterocycles. The van der Waals surface area contributed by atoms with Gasteiger partial charge in [-0.25, -0.2) is 8.42 Å². The first-order valence-electron chi connectivity index (χ1n) is 11.7. The van der Waals surface area contributed by atoms with Crippen LogP contribution in [0, 0.1) is 12.8 Å². The molecule has 0 unspecified atom stereocenters. The van der Waals surface area contributed by atoms with Crippen LogP contribution in [0.3, 0.4) is 0 Å². The fraction of sp³-hybridized carbons (Fsp3) is 0.652. The van der Waals surface area contributed by atoms with Gasteiger partial charge in [0.05, 0.1) is 10.6 Å². The Bertz CT molecular complexity index is 980. The zero-order valence-corrected chi connectivity index (χ0v) is 19.7. The Morgan fingerprint density at radius 2 is 1.84 bits per heavy atom. The smallest absolute Gasteiger partial charge is 0.265 e. The number of hydrogen-bond acceptors (Lipinski definition) is 5. The second kappa shape index (κ2) is 9.39. The maximum atomic E-state index is 13.4. The third-order valence-electron chi connectivity index (χ3n) is 6.86. The molecule has 2 aliphatic heterocycles. The van der Waals surface area contributed by atoms with Crippen LogP contribution in [-0.2, 0) is 19.6 Å². The van der Waals surface area contributed by atoms with Crippen LogP contribution in [0.15, 0.2) is 17.0 Å². The number of sulfonamides is 1. The molecule has 0 spiro atoms. The summed E-state index contributed by atoms with van der Waals surface area (Å²) < 4.78 is 34.0. The molecule has 2 N–H and O–H groups in total. The Balaban J connectivity index is 1.43. The Hall–Kier alpha value is -2.13. The summed E-state index contributed by atoms with van der Waals surface area (Å²) in [4.78, 5) is 24.9. The van der Waals surface area contributed by atoms with E-state index in [1.54, 1.807) is 13.0 Å². The number of rotatable bonds is 5. The van der Waals surface area contributed by atoms with Crippen LogP contribution in [0.4, 0.5) is 5.69 Å². The van der Waals surface area contributed by atoms with Crippen LogP contribution in [0.25, 0.3) is 0 Å². The van der Waals surface area contributed by atoms with E-state index in [4.69, 9.17) is 4.74 Å². The number of anilines is 1. The zero-order chi connectivity index (χ0) is 22.9. The normalized spacial score (nSPS) is 23.2. The van der Waals surface area contributed by atoms with Gasteiger partial charge in [0.25, 0.3) is 5.91 Å². The predicted octanol–water partition coefficient (Wildman–Crippen LogP) is 2.95. The summed E-state index contributed by atoms with van der Waals surface area (Å²) in [6, 6.07) is 3.43. The largest absolute Gasteiger partial charge is 0.478 e. The van der Waals surface area contributed by atoms with Crippen molar-refractivity contribution in [2.45, 2.75) is 82.3 Å². The standard InChI is InChI=1S/C23H33N3O5S/c1-3-19-23(28)25-18-13-15(2)21(14-20(18)31-19)32(29,30)26-11-9-16(10-12-26)22(27)24-17-7-5-4-6-8-17/h13-14,16-17,19H,3-12H2,1-2H3,(H,24,27)(H,25,28)/t19-/m1/s1. The lowest BCUT2D eigenvalue weighted by atomic mass is 9.93. The van der Waals surface area contributed by atoms with Crippen molar-refractivity contribution in [2.24, 2.45) is 5.92 Å². The number of nitrogens with one attached hydrogen (secondary N) is 2. The predicted molar refractivity (Wildman–Crippen MR) is 121 cm³/mol. The number of nitrogens with zero attached hydrogens (tertiary/aromatic N) is 1. The Labute approximate surface area is 190 Å². The Morgan fingerprint density at radius 1 is 1.16 bits per heavy atom. The van der Waals surface area contributed by atoms with Crippen molar-refractivity contribution in [3.8, 4) is 5.75 Å². The van der Waals surface area contributed by atoms with Gasteiger partial charge in [-0.3, -0.25) is 9.59 Å². The molecule has 1 atom stereocenters. The molecule has 0 aromatic heterocycles. The van der Waals surface area contributed by atoms with Gasteiger partial charge in [0, 0.05) is 31.1 Å². The van der Waals surface area contributed by atoms with E-state index >= 15 is 0 Å².